The molecule has 0 radical (unpaired) electrons. The predicted octanol–water partition coefficient (Wildman–Crippen LogP) is 3.20. The van der Waals surface area contributed by atoms with Crippen LogP contribution in [0.1, 0.15) is 41.6 Å². The van der Waals surface area contributed by atoms with Crippen molar-refractivity contribution in [2.24, 2.45) is 0 Å². The van der Waals surface area contributed by atoms with Crippen LogP contribution >= 0.6 is 0 Å². The Kier molecular flexibility index (Phi) is 6.78. The summed E-state index contributed by atoms with van der Waals surface area (Å²) in [6.07, 6.45) is 2.80. The van der Waals surface area contributed by atoms with Crippen molar-refractivity contribution in [2.75, 3.05) is 0 Å². The van der Waals surface area contributed by atoms with E-state index >= 15 is 0 Å². The minimum atomic E-state index is -0.912. The standard InChI is InChI=1S/C23H24N6O2Se/c1-3-4-9-19-24-22(32-2)20(23(30)31)29(19)14-15-10-12-16(13-11-15)17-7-5-6-8-18(17)21-25-27-28-26-21/h5-8,10-13H,3-4,9,14H2,1-2H3,(H,30,31)(H,25,26,27,28). The van der Waals surface area contributed by atoms with Crippen LogP contribution in [-0.2, 0) is 13.0 Å². The van der Waals surface area contributed by atoms with Gasteiger partial charge >= 0.3 is 182 Å². The second-order valence-electron chi connectivity index (χ2n) is 7.36. The zero-order valence-corrected chi connectivity index (χ0v) is 19.7. The second kappa shape index (κ2) is 9.89. The average Bonchev–Trinajstić information content (AvgIpc) is 3.46. The number of hydrogen-bond donors (Lipinski definition) is 2. The fourth-order valence-corrected chi connectivity index (χ4v) is 4.93. The number of aromatic carboxylic acids is 1. The Hall–Kier alpha value is -3.29. The van der Waals surface area contributed by atoms with Gasteiger partial charge in [0.05, 0.1) is 0 Å². The summed E-state index contributed by atoms with van der Waals surface area (Å²) in [6, 6.07) is 16.1. The number of carboxylic acids is 1. The van der Waals surface area contributed by atoms with E-state index in [0.29, 0.717) is 22.7 Å². The van der Waals surface area contributed by atoms with Crippen LogP contribution in [0.3, 0.4) is 0 Å². The van der Waals surface area contributed by atoms with Gasteiger partial charge in [0.25, 0.3) is 0 Å². The molecule has 0 unspecified atom stereocenters. The van der Waals surface area contributed by atoms with E-state index in [-0.39, 0.29) is 15.0 Å². The van der Waals surface area contributed by atoms with Gasteiger partial charge in [0.15, 0.2) is 0 Å². The van der Waals surface area contributed by atoms with Gasteiger partial charge < -0.3 is 0 Å². The summed E-state index contributed by atoms with van der Waals surface area (Å²) < 4.78 is 2.59. The van der Waals surface area contributed by atoms with Gasteiger partial charge in [0, 0.05) is 0 Å². The summed E-state index contributed by atoms with van der Waals surface area (Å²) in [7, 11) is 0. The number of aryl methyl sites for hydroxylation is 1. The van der Waals surface area contributed by atoms with Crippen molar-refractivity contribution < 1.29 is 9.90 Å². The predicted molar refractivity (Wildman–Crippen MR) is 123 cm³/mol. The van der Waals surface area contributed by atoms with E-state index in [1.165, 1.54) is 0 Å². The maximum absolute atomic E-state index is 12.0. The fourth-order valence-electron chi connectivity index (χ4n) is 3.70. The molecule has 0 aliphatic rings. The number of hydrogen-bond acceptors (Lipinski definition) is 5. The van der Waals surface area contributed by atoms with Crippen molar-refractivity contribution in [3.05, 3.63) is 65.6 Å². The molecule has 8 nitrogen and oxygen atoms in total. The molecule has 164 valence electrons. The van der Waals surface area contributed by atoms with Gasteiger partial charge in [-0.05, 0) is 5.21 Å². The quantitative estimate of drug-likeness (QED) is 0.345. The number of aromatic nitrogens is 6. The number of imidazole rings is 1. The van der Waals surface area contributed by atoms with Crippen LogP contribution in [0, 0.1) is 0 Å². The summed E-state index contributed by atoms with van der Waals surface area (Å²) in [4.78, 5) is 16.7. The third-order valence-electron chi connectivity index (χ3n) is 5.28. The van der Waals surface area contributed by atoms with Crippen LogP contribution < -0.4 is 4.59 Å². The van der Waals surface area contributed by atoms with E-state index < -0.39 is 5.97 Å². The summed E-state index contributed by atoms with van der Waals surface area (Å²) in [5.74, 6) is 2.49. The second-order valence-corrected chi connectivity index (χ2v) is 9.03. The molecule has 0 amide bonds. The molecule has 2 aromatic carbocycles. The number of carbonyl (C=O) groups is 1. The van der Waals surface area contributed by atoms with Gasteiger partial charge in [-0.2, -0.15) is 5.21 Å². The number of rotatable bonds is 9. The van der Waals surface area contributed by atoms with Crippen LogP contribution in [0.15, 0.2) is 48.5 Å². The minimum absolute atomic E-state index is 0.0165. The van der Waals surface area contributed by atoms with Gasteiger partial charge in [0.1, 0.15) is 0 Å². The van der Waals surface area contributed by atoms with Crippen molar-refractivity contribution in [3.63, 3.8) is 0 Å². The molecule has 0 saturated carbocycles. The van der Waals surface area contributed by atoms with Crippen molar-refractivity contribution >= 4 is 25.5 Å². The number of H-pyrrole nitrogens is 1. The Labute approximate surface area is 192 Å². The van der Waals surface area contributed by atoms with Crippen LogP contribution in [-0.4, -0.2) is 56.2 Å². The zero-order chi connectivity index (χ0) is 22.5. The topological polar surface area (TPSA) is 110 Å². The van der Waals surface area contributed by atoms with Gasteiger partial charge in [-0.25, -0.2) is 0 Å². The molecule has 9 heteroatoms. The molecule has 4 aromatic rings. The van der Waals surface area contributed by atoms with Crippen molar-refractivity contribution in [2.45, 2.75) is 38.6 Å². The zero-order valence-electron chi connectivity index (χ0n) is 17.9. The van der Waals surface area contributed by atoms with Crippen molar-refractivity contribution in [1.29, 1.82) is 0 Å². The molecule has 0 spiro atoms. The molecule has 0 aliphatic heterocycles. The molecule has 2 aromatic heterocycles. The molecule has 32 heavy (non-hydrogen) atoms. The Morgan fingerprint density at radius 3 is 2.50 bits per heavy atom. The Morgan fingerprint density at radius 2 is 1.88 bits per heavy atom. The number of carboxylic acid groups (broad SMARTS) is 1. The van der Waals surface area contributed by atoms with Gasteiger partial charge in [-0.3, -0.25) is 0 Å². The maximum atomic E-state index is 12.0. The summed E-state index contributed by atoms with van der Waals surface area (Å²) in [6.45, 7) is 2.61. The van der Waals surface area contributed by atoms with Gasteiger partial charge in [0.2, 0.25) is 0 Å². The van der Waals surface area contributed by atoms with E-state index in [1.54, 1.807) is 0 Å². The summed E-state index contributed by atoms with van der Waals surface area (Å²) in [5, 5.41) is 24.2. The van der Waals surface area contributed by atoms with E-state index in [0.717, 1.165) is 47.3 Å². The SMILES string of the molecule is CCCCc1nc([Se]C)c(C(=O)O)n1Cc1ccc(-c2ccccc2-c2nn[nH]n2)cc1. The molecule has 2 N–H and O–H groups in total. The molecular weight excluding hydrogens is 471 g/mol. The number of nitrogens with one attached hydrogen (secondary N) is 1. The fraction of sp³-hybridized carbons (Fsp3) is 0.261. The number of nitrogens with zero attached hydrogens (tertiary/aromatic N) is 5. The van der Waals surface area contributed by atoms with Gasteiger partial charge in [-0.1, -0.05) is 0 Å². The first-order chi connectivity index (χ1) is 15.6. The molecule has 0 bridgehead atoms. The van der Waals surface area contributed by atoms with E-state index in [2.05, 4.69) is 32.5 Å². The Morgan fingerprint density at radius 1 is 1.12 bits per heavy atom. The number of tetrazole rings is 1. The first kappa shape index (κ1) is 21.9. The third kappa shape index (κ3) is 4.49. The molecule has 0 aliphatic carbocycles. The molecule has 0 saturated heterocycles. The molecule has 4 rings (SSSR count). The molecular formula is C23H24N6O2Se. The van der Waals surface area contributed by atoms with Crippen LogP contribution in [0.2, 0.25) is 5.82 Å². The van der Waals surface area contributed by atoms with E-state index in [4.69, 9.17) is 0 Å². The normalized spacial score (nSPS) is 11.1. The first-order valence-electron chi connectivity index (χ1n) is 10.4. The number of unbranched alkanes of at least 4 members (excludes halogenated alkanes) is 1. The van der Waals surface area contributed by atoms with Crippen LogP contribution in [0.4, 0.5) is 0 Å². The number of benzene rings is 2. The summed E-state index contributed by atoms with van der Waals surface area (Å²) >= 11 is 0.0165. The first-order valence-corrected chi connectivity index (χ1v) is 13.0. The van der Waals surface area contributed by atoms with Crippen molar-refractivity contribution in [1.82, 2.24) is 30.2 Å². The molecule has 0 atom stereocenters. The average molecular weight is 495 g/mol. The monoisotopic (exact) mass is 496 g/mol. The van der Waals surface area contributed by atoms with Crippen LogP contribution in [0.5, 0.6) is 0 Å². The number of aromatic amines is 1. The van der Waals surface area contributed by atoms with Crippen molar-refractivity contribution in [3.8, 4) is 22.5 Å². The molecule has 2 heterocycles. The van der Waals surface area contributed by atoms with E-state index in [9.17, 15) is 9.90 Å². The summed E-state index contributed by atoms with van der Waals surface area (Å²) in [5.41, 5.74) is 4.29. The van der Waals surface area contributed by atoms with E-state index in [1.807, 2.05) is 58.9 Å². The third-order valence-corrected chi connectivity index (χ3v) is 6.69. The molecule has 0 fully saturated rings. The Balaban J connectivity index is 1.66. The Bertz CT molecular complexity index is 1200. The van der Waals surface area contributed by atoms with Crippen LogP contribution in [0.25, 0.3) is 22.5 Å². The van der Waals surface area contributed by atoms with Gasteiger partial charge in [-0.15, -0.1) is 0 Å².